The Kier molecular flexibility index (Phi) is 25.2. The van der Waals surface area contributed by atoms with Gasteiger partial charge in [-0.1, -0.05) is 92.8 Å². The van der Waals surface area contributed by atoms with Gasteiger partial charge in [0.25, 0.3) is 27.8 Å². The zero-order valence-corrected chi connectivity index (χ0v) is 73.6. The van der Waals surface area contributed by atoms with E-state index in [2.05, 4.69) is 96.0 Å². The number of benzene rings is 1. The van der Waals surface area contributed by atoms with Crippen LogP contribution in [0, 0.1) is 5.92 Å². The van der Waals surface area contributed by atoms with Crippen molar-refractivity contribution in [2.45, 2.75) is 188 Å². The molecule has 2 unspecified atom stereocenters. The lowest BCUT2D eigenvalue weighted by atomic mass is 10.1. The van der Waals surface area contributed by atoms with Crippen LogP contribution in [0.5, 0.6) is 0 Å². The molecule has 10 aromatic heterocycles. The minimum absolute atomic E-state index is 0.0780. The fourth-order valence-corrected chi connectivity index (χ4v) is 15.3. The van der Waals surface area contributed by atoms with Gasteiger partial charge in [0.2, 0.25) is 23.8 Å². The molecule has 15 heterocycles. The molecule has 122 heavy (non-hydrogen) atoms. The number of aliphatic imine (C=N–C) groups is 1. The Balaban J connectivity index is 0.000000140. The summed E-state index contributed by atoms with van der Waals surface area (Å²) in [6.45, 7) is 46.3. The summed E-state index contributed by atoms with van der Waals surface area (Å²) in [6.07, 6.45) is 6.12. The van der Waals surface area contributed by atoms with Gasteiger partial charge in [-0.25, -0.2) is 49.0 Å². The molecule has 0 aliphatic carbocycles. The minimum Gasteiger partial charge on any atom is -0.315 e. The Morgan fingerprint density at radius 2 is 0.836 bits per heavy atom. The molecule has 39 heteroatoms. The number of hydrazone groups is 4. The highest BCUT2D eigenvalue weighted by molar-refractivity contribution is 5.93. The zero-order chi connectivity index (χ0) is 89.0. The fourth-order valence-electron chi connectivity index (χ4n) is 15.3. The van der Waals surface area contributed by atoms with Crippen molar-refractivity contribution in [3.05, 3.63) is 195 Å². The molecule has 5 aliphatic heterocycles. The van der Waals surface area contributed by atoms with Crippen molar-refractivity contribution in [1.82, 2.24) is 93.4 Å². The third-order valence-corrected chi connectivity index (χ3v) is 21.9. The van der Waals surface area contributed by atoms with Gasteiger partial charge in [0, 0.05) is 80.7 Å². The molecule has 0 amide bonds. The van der Waals surface area contributed by atoms with Gasteiger partial charge in [-0.2, -0.15) is 40.3 Å². The largest absolute Gasteiger partial charge is 0.332 e. The van der Waals surface area contributed by atoms with E-state index in [9.17, 15) is 47.9 Å². The van der Waals surface area contributed by atoms with E-state index < -0.39 is 5.69 Å². The molecule has 0 spiro atoms. The highest BCUT2D eigenvalue weighted by Crippen LogP contribution is 2.33. The average molecular weight is 1670 g/mol. The SMILES string of the molecule is C=C(C)CN1N=C(C)C(C)n2c1nc1c2c(=O)n(C/C=C/C)c(=O)n1C.C=C(C)CN1N=C(C)Cn2c1nc1c2c(=O)n(C)c(=O)n1C.C=C(C)CN1N=C(C)Cn2c1nc1c2c(=O)n(CC)c(=O)n1C.CC1=NCc2nc3c(c(=O)n(CCCc4ccccc4)c(=O)n3C)n2C1.CCn1c(=O)c2c(nc3n2C(C)C(C)=NN3CCC(C)C)n(C)c1=O. The number of nitrogens with zero attached hydrogens (tertiary/aromatic N) is 29. The van der Waals surface area contributed by atoms with Crippen molar-refractivity contribution in [2.75, 3.05) is 46.2 Å². The van der Waals surface area contributed by atoms with Crippen molar-refractivity contribution >= 4 is 108 Å². The average Bonchev–Trinajstić information content (AvgIpc) is 1.58. The van der Waals surface area contributed by atoms with Gasteiger partial charge in [-0.05, 0) is 121 Å². The molecule has 646 valence electrons. The number of aryl methyl sites for hydroxylation is 6. The van der Waals surface area contributed by atoms with Crippen LogP contribution in [0.3, 0.4) is 0 Å². The second-order valence-electron chi connectivity index (χ2n) is 32.1. The normalized spacial score (nSPS) is 15.3. The number of allylic oxidation sites excluding steroid dienone is 2. The van der Waals surface area contributed by atoms with E-state index in [1.807, 2.05) is 128 Å². The molecule has 5 aliphatic rings. The summed E-state index contributed by atoms with van der Waals surface area (Å²) >= 11 is 0. The van der Waals surface area contributed by atoms with E-state index >= 15 is 0 Å². The zero-order valence-electron chi connectivity index (χ0n) is 73.6. The van der Waals surface area contributed by atoms with Crippen LogP contribution in [-0.4, -0.2) is 148 Å². The Labute approximate surface area is 700 Å². The van der Waals surface area contributed by atoms with Crippen molar-refractivity contribution in [1.29, 1.82) is 0 Å². The highest BCUT2D eigenvalue weighted by Gasteiger charge is 2.35. The lowest BCUT2D eigenvalue weighted by Crippen LogP contribution is -2.40. The van der Waals surface area contributed by atoms with Crippen LogP contribution in [0.15, 0.2) is 152 Å². The number of rotatable bonds is 17. The number of fused-ring (bicyclic) bond motifs is 15. The lowest BCUT2D eigenvalue weighted by Gasteiger charge is -2.29. The summed E-state index contributed by atoms with van der Waals surface area (Å²) in [5.41, 5.74) is 9.37. The molecular weight excluding hydrogens is 1560 g/mol. The quantitative estimate of drug-likeness (QED) is 0.0954. The number of hydrogen-bond donors (Lipinski definition) is 0. The van der Waals surface area contributed by atoms with Gasteiger partial charge in [0.05, 0.1) is 80.7 Å². The number of aromatic nitrogens is 20. The van der Waals surface area contributed by atoms with Gasteiger partial charge in [-0.15, -0.1) is 0 Å². The van der Waals surface area contributed by atoms with Crippen molar-refractivity contribution in [2.24, 2.45) is 73.6 Å². The molecule has 0 saturated heterocycles. The van der Waals surface area contributed by atoms with E-state index in [0.29, 0.717) is 151 Å². The Hall–Kier alpha value is -13.5. The first-order chi connectivity index (χ1) is 57.8. The summed E-state index contributed by atoms with van der Waals surface area (Å²) in [5.74, 6) is 3.58. The third kappa shape index (κ3) is 16.2. The predicted octanol–water partition coefficient (Wildman–Crippen LogP) is 5.92. The van der Waals surface area contributed by atoms with E-state index in [4.69, 9.17) is 0 Å². The molecule has 0 saturated carbocycles. The van der Waals surface area contributed by atoms with Gasteiger partial charge < -0.3 is 4.57 Å². The van der Waals surface area contributed by atoms with Crippen molar-refractivity contribution in [3.8, 4) is 0 Å². The van der Waals surface area contributed by atoms with E-state index in [1.165, 1.54) is 53.7 Å². The Bertz CT molecular complexity index is 6960. The van der Waals surface area contributed by atoms with Crippen LogP contribution in [0.25, 0.3) is 55.8 Å². The lowest BCUT2D eigenvalue weighted by molar-refractivity contribution is 0.554. The number of hydrogen-bond acceptors (Lipinski definition) is 24. The summed E-state index contributed by atoms with van der Waals surface area (Å²) in [4.78, 5) is 153. The molecule has 0 N–H and O–H groups in total. The van der Waals surface area contributed by atoms with Crippen LogP contribution < -0.4 is 76.3 Å². The van der Waals surface area contributed by atoms with Crippen molar-refractivity contribution < 1.29 is 0 Å². The van der Waals surface area contributed by atoms with E-state index in [1.54, 1.807) is 70.2 Å². The molecular formula is C83H109N29O10. The molecule has 0 radical (unpaired) electrons. The predicted molar refractivity (Wildman–Crippen MR) is 480 cm³/mol. The maximum atomic E-state index is 13.1. The fraction of sp³-hybridized carbons (Fsp3) is 0.470. The van der Waals surface area contributed by atoms with Gasteiger partial charge >= 0.3 is 28.4 Å². The highest BCUT2D eigenvalue weighted by atomic mass is 16.2. The molecule has 0 bridgehead atoms. The van der Waals surface area contributed by atoms with Crippen molar-refractivity contribution in [3.63, 3.8) is 0 Å². The van der Waals surface area contributed by atoms with E-state index in [-0.39, 0.29) is 69.2 Å². The second kappa shape index (κ2) is 35.0. The monoisotopic (exact) mass is 1670 g/mol. The number of imidazole rings is 5. The second-order valence-corrected chi connectivity index (χ2v) is 32.1. The summed E-state index contributed by atoms with van der Waals surface area (Å²) in [6, 6.07) is 9.87. The summed E-state index contributed by atoms with van der Waals surface area (Å²) in [5, 5.41) is 25.3. The molecule has 0 fully saturated rings. The van der Waals surface area contributed by atoms with Crippen LogP contribution >= 0.6 is 0 Å². The Morgan fingerprint density at radius 3 is 1.31 bits per heavy atom. The van der Waals surface area contributed by atoms with Gasteiger partial charge in [0.1, 0.15) is 5.82 Å². The maximum Gasteiger partial charge on any atom is 0.332 e. The summed E-state index contributed by atoms with van der Waals surface area (Å²) < 4.78 is 22.6. The molecule has 39 nitrogen and oxygen atoms in total. The number of anilines is 4. The van der Waals surface area contributed by atoms with Gasteiger partial charge in [-0.3, -0.25) is 92.9 Å². The van der Waals surface area contributed by atoms with Crippen LogP contribution in [0.2, 0.25) is 0 Å². The van der Waals surface area contributed by atoms with Crippen LogP contribution in [-0.2, 0) is 101 Å². The van der Waals surface area contributed by atoms with Crippen LogP contribution in [0.4, 0.5) is 23.8 Å². The molecule has 2 atom stereocenters. The first-order valence-electron chi connectivity index (χ1n) is 40.6. The maximum absolute atomic E-state index is 13.1. The molecule has 11 aromatic rings. The smallest absolute Gasteiger partial charge is 0.315 e. The first kappa shape index (κ1) is 87.8. The van der Waals surface area contributed by atoms with Gasteiger partial charge in [0.15, 0.2) is 55.8 Å². The van der Waals surface area contributed by atoms with E-state index in [0.717, 1.165) is 81.5 Å². The summed E-state index contributed by atoms with van der Waals surface area (Å²) in [7, 11) is 9.68. The first-order valence-corrected chi connectivity index (χ1v) is 40.6. The standard InChI is InChI=1S/C19H21N5O2.C18H24N6O2.C17H26N6O2.C15H20N6O2.C14H18N6O2/c1-13-12-24-15(11-20-13)21-17-16(24)18(25)23(19(26)22(17)2)10-6-9-14-7-4-3-5-8-14;1-7-8-9-22-16(25)14-15(21(6)18(22)26)19-17-23(10-11(2)3)20-12(4)13(5)24(14)17;1-7-21-15(24)13-14(20(6)17(21)25)18-16-22(9-8-10(2)3)19-11(4)12(5)23(13)16;1-6-19-13(22)11-12(18(5)15(19)23)16-14-20(11)8-10(4)17-21(14)7-9(2)3;1-8(2)6-20-13-15-11-10(19(13)7-9(3)16-20)12(21)18(5)14(22)17(11)4/h3-5,7-8H,6,9-12H2,1-2H3;7-8,13H,2,9-10H2,1,3-6H3;10,12H,7-9H2,1-6H3;2,6-8H2,1,3-5H3;1,6-7H2,2-5H3/b;8-7+;;;. The van der Waals surface area contributed by atoms with Crippen LogP contribution in [0.1, 0.15) is 140 Å². The Morgan fingerprint density at radius 1 is 0.451 bits per heavy atom. The minimum atomic E-state index is -0.392. The molecule has 1 aromatic carbocycles. The topological polar surface area (TPSA) is 384 Å². The molecule has 16 rings (SSSR count). The third-order valence-electron chi connectivity index (χ3n) is 21.9.